The Morgan fingerprint density at radius 2 is 2.28 bits per heavy atom. The van der Waals surface area contributed by atoms with Gasteiger partial charge in [0.25, 0.3) is 0 Å². The molecule has 18 heavy (non-hydrogen) atoms. The molecule has 0 saturated heterocycles. The maximum atomic E-state index is 10.9. The van der Waals surface area contributed by atoms with E-state index in [0.29, 0.717) is 5.92 Å². The number of aliphatic imine (C=N–C) groups is 1. The SMILES string of the molecule is COC(=O)CN=Cc1ccccc1C#CC1CC1. The van der Waals surface area contributed by atoms with Gasteiger partial charge in [0.1, 0.15) is 6.54 Å². The minimum atomic E-state index is -0.340. The molecule has 0 heterocycles. The van der Waals surface area contributed by atoms with Crippen LogP contribution in [-0.2, 0) is 9.53 Å². The second-order valence-corrected chi connectivity index (χ2v) is 4.18. The third-order valence-electron chi connectivity index (χ3n) is 2.63. The summed E-state index contributed by atoms with van der Waals surface area (Å²) in [5.74, 6) is 6.62. The predicted molar refractivity (Wildman–Crippen MR) is 70.5 cm³/mol. The van der Waals surface area contributed by atoms with E-state index >= 15 is 0 Å². The first-order valence-electron chi connectivity index (χ1n) is 5.97. The quantitative estimate of drug-likeness (QED) is 0.461. The summed E-state index contributed by atoms with van der Waals surface area (Å²) < 4.78 is 4.52. The molecule has 0 aliphatic heterocycles. The Bertz CT molecular complexity index is 519. The smallest absolute Gasteiger partial charge is 0.327 e. The van der Waals surface area contributed by atoms with Crippen LogP contribution in [0, 0.1) is 17.8 Å². The number of carbonyl (C=O) groups excluding carboxylic acids is 1. The molecule has 0 atom stereocenters. The molecule has 1 aromatic rings. The molecular weight excluding hydrogens is 226 g/mol. The second kappa shape index (κ2) is 6.02. The Kier molecular flexibility index (Phi) is 4.14. The van der Waals surface area contributed by atoms with Gasteiger partial charge in [0.05, 0.1) is 7.11 Å². The van der Waals surface area contributed by atoms with E-state index in [1.165, 1.54) is 20.0 Å². The van der Waals surface area contributed by atoms with Crippen LogP contribution in [0.2, 0.25) is 0 Å². The summed E-state index contributed by atoms with van der Waals surface area (Å²) in [5.41, 5.74) is 1.90. The highest BCUT2D eigenvalue weighted by Gasteiger charge is 2.17. The van der Waals surface area contributed by atoms with Gasteiger partial charge < -0.3 is 4.74 Å². The van der Waals surface area contributed by atoms with E-state index in [1.54, 1.807) is 6.21 Å². The van der Waals surface area contributed by atoms with Gasteiger partial charge in [0.2, 0.25) is 0 Å². The molecule has 1 fully saturated rings. The highest BCUT2D eigenvalue weighted by atomic mass is 16.5. The first-order valence-corrected chi connectivity index (χ1v) is 5.97. The lowest BCUT2D eigenvalue weighted by molar-refractivity contribution is -0.138. The van der Waals surface area contributed by atoms with Crippen LogP contribution in [0.3, 0.4) is 0 Å². The number of hydrogen-bond acceptors (Lipinski definition) is 3. The highest BCUT2D eigenvalue weighted by molar-refractivity contribution is 5.85. The molecule has 1 aliphatic carbocycles. The largest absolute Gasteiger partial charge is 0.468 e. The predicted octanol–water partition coefficient (Wildman–Crippen LogP) is 2.04. The zero-order valence-corrected chi connectivity index (χ0v) is 10.3. The third kappa shape index (κ3) is 3.74. The van der Waals surface area contributed by atoms with Crippen molar-refractivity contribution in [1.82, 2.24) is 0 Å². The molecule has 0 aromatic heterocycles. The fraction of sp³-hybridized carbons (Fsp3) is 0.333. The third-order valence-corrected chi connectivity index (χ3v) is 2.63. The fourth-order valence-corrected chi connectivity index (χ4v) is 1.41. The van der Waals surface area contributed by atoms with Gasteiger partial charge in [-0.1, -0.05) is 30.0 Å². The maximum absolute atomic E-state index is 10.9. The van der Waals surface area contributed by atoms with Crippen molar-refractivity contribution in [2.45, 2.75) is 12.8 Å². The molecule has 2 rings (SSSR count). The monoisotopic (exact) mass is 241 g/mol. The topological polar surface area (TPSA) is 38.7 Å². The molecule has 0 radical (unpaired) electrons. The standard InChI is InChI=1S/C15H15NO2/c1-18-15(17)11-16-10-14-5-3-2-4-13(14)9-8-12-6-7-12/h2-5,10,12H,6-7,11H2,1H3. The average molecular weight is 241 g/mol. The van der Waals surface area contributed by atoms with Crippen molar-refractivity contribution in [1.29, 1.82) is 0 Å². The summed E-state index contributed by atoms with van der Waals surface area (Å²) in [4.78, 5) is 15.0. The lowest BCUT2D eigenvalue weighted by Crippen LogP contribution is -2.04. The van der Waals surface area contributed by atoms with Gasteiger partial charge in [-0.05, 0) is 18.9 Å². The Balaban J connectivity index is 2.07. The number of nitrogens with zero attached hydrogens (tertiary/aromatic N) is 1. The number of carbonyl (C=O) groups is 1. The number of methoxy groups -OCH3 is 1. The minimum Gasteiger partial charge on any atom is -0.468 e. The van der Waals surface area contributed by atoms with Crippen molar-refractivity contribution < 1.29 is 9.53 Å². The molecule has 0 bridgehead atoms. The van der Waals surface area contributed by atoms with Crippen molar-refractivity contribution in [3.8, 4) is 11.8 Å². The summed E-state index contributed by atoms with van der Waals surface area (Å²) in [7, 11) is 1.35. The van der Waals surface area contributed by atoms with Crippen molar-refractivity contribution in [2.24, 2.45) is 10.9 Å². The van der Waals surface area contributed by atoms with Gasteiger partial charge in [-0.15, -0.1) is 0 Å². The van der Waals surface area contributed by atoms with E-state index in [2.05, 4.69) is 21.6 Å². The van der Waals surface area contributed by atoms with E-state index in [0.717, 1.165) is 11.1 Å². The normalized spacial score (nSPS) is 14.1. The van der Waals surface area contributed by atoms with Crippen LogP contribution in [0.5, 0.6) is 0 Å². The van der Waals surface area contributed by atoms with Crippen LogP contribution in [0.25, 0.3) is 0 Å². The lowest BCUT2D eigenvalue weighted by atomic mass is 10.1. The molecule has 1 aliphatic rings. The van der Waals surface area contributed by atoms with Crippen LogP contribution in [0.1, 0.15) is 24.0 Å². The van der Waals surface area contributed by atoms with Crippen LogP contribution < -0.4 is 0 Å². The summed E-state index contributed by atoms with van der Waals surface area (Å²) in [6, 6.07) is 7.79. The molecule has 0 spiro atoms. The van der Waals surface area contributed by atoms with E-state index in [4.69, 9.17) is 0 Å². The molecule has 92 valence electrons. The molecule has 0 amide bonds. The van der Waals surface area contributed by atoms with Crippen LogP contribution in [0.4, 0.5) is 0 Å². The summed E-state index contributed by atoms with van der Waals surface area (Å²) >= 11 is 0. The van der Waals surface area contributed by atoms with Crippen LogP contribution >= 0.6 is 0 Å². The Labute approximate surface area is 107 Å². The van der Waals surface area contributed by atoms with Gasteiger partial charge in [0, 0.05) is 23.3 Å². The van der Waals surface area contributed by atoms with Crippen LogP contribution in [0.15, 0.2) is 29.3 Å². The lowest BCUT2D eigenvalue weighted by Gasteiger charge is -1.97. The number of rotatable bonds is 3. The van der Waals surface area contributed by atoms with Gasteiger partial charge in [-0.3, -0.25) is 9.79 Å². The highest BCUT2D eigenvalue weighted by Crippen LogP contribution is 2.27. The molecule has 0 unspecified atom stereocenters. The molecule has 1 aromatic carbocycles. The van der Waals surface area contributed by atoms with E-state index < -0.39 is 0 Å². The zero-order valence-electron chi connectivity index (χ0n) is 10.3. The fourth-order valence-electron chi connectivity index (χ4n) is 1.41. The molecule has 0 N–H and O–H groups in total. The number of hydrogen-bond donors (Lipinski definition) is 0. The van der Waals surface area contributed by atoms with Crippen molar-refractivity contribution in [3.63, 3.8) is 0 Å². The zero-order chi connectivity index (χ0) is 12.8. The molecule has 3 heteroatoms. The Morgan fingerprint density at radius 3 is 3.00 bits per heavy atom. The Morgan fingerprint density at radius 1 is 1.50 bits per heavy atom. The molecule has 1 saturated carbocycles. The molecular formula is C15H15NO2. The van der Waals surface area contributed by atoms with Crippen molar-refractivity contribution >= 4 is 12.2 Å². The summed E-state index contributed by atoms with van der Waals surface area (Å²) in [5, 5.41) is 0. The van der Waals surface area contributed by atoms with Gasteiger partial charge in [0.15, 0.2) is 0 Å². The van der Waals surface area contributed by atoms with Crippen molar-refractivity contribution in [3.05, 3.63) is 35.4 Å². The van der Waals surface area contributed by atoms with E-state index in [9.17, 15) is 4.79 Å². The Hall–Kier alpha value is -2.08. The average Bonchev–Trinajstić information content (AvgIpc) is 3.21. The maximum Gasteiger partial charge on any atom is 0.327 e. The van der Waals surface area contributed by atoms with Gasteiger partial charge in [-0.2, -0.15) is 0 Å². The van der Waals surface area contributed by atoms with Crippen LogP contribution in [-0.4, -0.2) is 25.8 Å². The van der Waals surface area contributed by atoms with E-state index in [-0.39, 0.29) is 12.5 Å². The number of benzene rings is 1. The molecule has 3 nitrogen and oxygen atoms in total. The first-order chi connectivity index (χ1) is 8.79. The first kappa shape index (κ1) is 12.4. The number of ether oxygens (including phenoxy) is 1. The second-order valence-electron chi connectivity index (χ2n) is 4.18. The van der Waals surface area contributed by atoms with Gasteiger partial charge in [-0.25, -0.2) is 0 Å². The summed E-state index contributed by atoms with van der Waals surface area (Å²) in [6.45, 7) is 0.0425. The van der Waals surface area contributed by atoms with Gasteiger partial charge >= 0.3 is 5.97 Å². The van der Waals surface area contributed by atoms with E-state index in [1.807, 2.05) is 24.3 Å². The summed E-state index contributed by atoms with van der Waals surface area (Å²) in [6.07, 6.45) is 4.10. The minimum absolute atomic E-state index is 0.0425. The van der Waals surface area contributed by atoms with Crippen molar-refractivity contribution in [2.75, 3.05) is 13.7 Å². The number of esters is 1.